The van der Waals surface area contributed by atoms with Crippen LogP contribution in [0.15, 0.2) is 48.7 Å². The molecule has 0 amide bonds. The van der Waals surface area contributed by atoms with Crippen molar-refractivity contribution in [1.82, 2.24) is 9.88 Å². The van der Waals surface area contributed by atoms with Gasteiger partial charge in [-0.05, 0) is 56.4 Å². The molecule has 0 aliphatic carbocycles. The lowest BCUT2D eigenvalue weighted by atomic mass is 9.94. The van der Waals surface area contributed by atoms with Crippen LogP contribution in [0.1, 0.15) is 43.0 Å². The predicted molar refractivity (Wildman–Crippen MR) is 117 cm³/mol. The maximum Gasteiger partial charge on any atom is 0.417 e. The molecule has 1 aliphatic rings. The lowest BCUT2D eigenvalue weighted by Crippen LogP contribution is -2.42. The van der Waals surface area contributed by atoms with Gasteiger partial charge in [-0.15, -0.1) is 0 Å². The van der Waals surface area contributed by atoms with E-state index in [9.17, 15) is 18.0 Å². The summed E-state index contributed by atoms with van der Waals surface area (Å²) >= 11 is 0. The Kier molecular flexibility index (Phi) is 5.79. The van der Waals surface area contributed by atoms with Crippen molar-refractivity contribution in [3.8, 4) is 0 Å². The number of hydrogen-bond donors (Lipinski definition) is 1. The zero-order chi connectivity index (χ0) is 23.1. The minimum Gasteiger partial charge on any atom is -0.459 e. The summed E-state index contributed by atoms with van der Waals surface area (Å²) in [6.45, 7) is 5.88. The second kappa shape index (κ2) is 8.28. The van der Waals surface area contributed by atoms with E-state index in [2.05, 4.69) is 5.32 Å². The van der Waals surface area contributed by atoms with E-state index < -0.39 is 29.4 Å². The number of rotatable bonds is 4. The number of aromatic nitrogens is 1. The fraction of sp³-hybridized carbons (Fsp3) is 0.400. The van der Waals surface area contributed by atoms with Crippen LogP contribution in [-0.2, 0) is 41.6 Å². The minimum atomic E-state index is -4.47. The molecule has 7 heteroatoms. The Bertz CT molecular complexity index is 1130. The molecule has 1 unspecified atom stereocenters. The molecule has 1 N–H and O–H groups in total. The standard InChI is InChI=1S/C25H27F3N2O2/c1-24(2,3)32-23(31)20-15-30-12-11-19-21(25(26,27)28)17(13-18(14-29-20)22(19)30)10-9-16-7-5-4-6-8-16/h4-8,11-13,20,29H,9-10,14-15H2,1-3H3. The molecule has 1 atom stereocenters. The van der Waals surface area contributed by atoms with Crippen LogP contribution in [0.25, 0.3) is 10.9 Å². The first-order valence-electron chi connectivity index (χ1n) is 10.7. The molecule has 170 valence electrons. The Morgan fingerprint density at radius 2 is 1.84 bits per heavy atom. The molecule has 4 rings (SSSR count). The van der Waals surface area contributed by atoms with E-state index in [-0.39, 0.29) is 23.9 Å². The average molecular weight is 444 g/mol. The largest absolute Gasteiger partial charge is 0.459 e. The highest BCUT2D eigenvalue weighted by Gasteiger charge is 2.37. The van der Waals surface area contributed by atoms with Crippen molar-refractivity contribution in [2.24, 2.45) is 0 Å². The van der Waals surface area contributed by atoms with Crippen LogP contribution in [-0.4, -0.2) is 22.2 Å². The number of halogens is 3. The van der Waals surface area contributed by atoms with Crippen LogP contribution in [0.4, 0.5) is 13.2 Å². The van der Waals surface area contributed by atoms with Crippen molar-refractivity contribution in [3.05, 3.63) is 70.9 Å². The van der Waals surface area contributed by atoms with Gasteiger partial charge in [-0.3, -0.25) is 10.1 Å². The maximum absolute atomic E-state index is 14.2. The number of ether oxygens (including phenoxy) is 1. The number of nitrogens with zero attached hydrogens (tertiary/aromatic N) is 1. The van der Waals surface area contributed by atoms with Gasteiger partial charge in [0.1, 0.15) is 11.6 Å². The van der Waals surface area contributed by atoms with Gasteiger partial charge in [0.2, 0.25) is 0 Å². The number of hydrogen-bond acceptors (Lipinski definition) is 3. The van der Waals surface area contributed by atoms with Crippen LogP contribution in [0, 0.1) is 0 Å². The summed E-state index contributed by atoms with van der Waals surface area (Å²) in [6, 6.07) is 12.0. The van der Waals surface area contributed by atoms with Crippen LogP contribution in [0.5, 0.6) is 0 Å². The van der Waals surface area contributed by atoms with Crippen LogP contribution in [0.2, 0.25) is 0 Å². The van der Waals surface area contributed by atoms with Gasteiger partial charge in [0.25, 0.3) is 0 Å². The molecule has 0 saturated heterocycles. The average Bonchev–Trinajstić information content (AvgIpc) is 3.01. The molecule has 0 bridgehead atoms. The zero-order valence-electron chi connectivity index (χ0n) is 18.4. The molecule has 0 saturated carbocycles. The first-order valence-corrected chi connectivity index (χ1v) is 10.7. The Morgan fingerprint density at radius 1 is 1.12 bits per heavy atom. The molecular weight excluding hydrogens is 417 g/mol. The van der Waals surface area contributed by atoms with E-state index in [1.165, 1.54) is 6.07 Å². The van der Waals surface area contributed by atoms with Gasteiger partial charge < -0.3 is 9.30 Å². The second-order valence-electron chi connectivity index (χ2n) is 9.25. The summed E-state index contributed by atoms with van der Waals surface area (Å²) in [5.41, 5.74) is 1.33. The summed E-state index contributed by atoms with van der Waals surface area (Å²) in [5, 5.41) is 3.36. The smallest absolute Gasteiger partial charge is 0.417 e. The van der Waals surface area contributed by atoms with E-state index in [1.54, 1.807) is 37.6 Å². The molecule has 0 radical (unpaired) electrons. The van der Waals surface area contributed by atoms with Crippen molar-refractivity contribution >= 4 is 16.9 Å². The second-order valence-corrected chi connectivity index (χ2v) is 9.25. The third-order valence-electron chi connectivity index (χ3n) is 5.63. The third-order valence-corrected chi connectivity index (χ3v) is 5.63. The zero-order valence-corrected chi connectivity index (χ0v) is 18.4. The fourth-order valence-corrected chi connectivity index (χ4v) is 4.32. The molecule has 4 nitrogen and oxygen atoms in total. The highest BCUT2D eigenvalue weighted by atomic mass is 19.4. The van der Waals surface area contributed by atoms with Gasteiger partial charge >= 0.3 is 12.1 Å². The number of carbonyl (C=O) groups is 1. The molecular formula is C25H27F3N2O2. The summed E-state index contributed by atoms with van der Waals surface area (Å²) in [7, 11) is 0. The summed E-state index contributed by atoms with van der Waals surface area (Å²) in [4.78, 5) is 12.6. The quantitative estimate of drug-likeness (QED) is 0.559. The topological polar surface area (TPSA) is 43.3 Å². The van der Waals surface area contributed by atoms with E-state index in [0.717, 1.165) is 11.1 Å². The van der Waals surface area contributed by atoms with Crippen LogP contribution in [0.3, 0.4) is 0 Å². The van der Waals surface area contributed by atoms with Crippen LogP contribution >= 0.6 is 0 Å². The molecule has 2 heterocycles. The highest BCUT2D eigenvalue weighted by Crippen LogP contribution is 2.40. The Morgan fingerprint density at radius 3 is 2.50 bits per heavy atom. The molecule has 32 heavy (non-hydrogen) atoms. The van der Waals surface area contributed by atoms with Gasteiger partial charge in [0.05, 0.1) is 11.1 Å². The fourth-order valence-electron chi connectivity index (χ4n) is 4.32. The molecule has 1 aromatic heterocycles. The summed E-state index contributed by atoms with van der Waals surface area (Å²) in [6.07, 6.45) is -2.04. The Balaban J connectivity index is 1.72. The number of esters is 1. The molecule has 3 aromatic rings. The lowest BCUT2D eigenvalue weighted by molar-refractivity contribution is -0.157. The number of aryl methyl sites for hydroxylation is 2. The van der Waals surface area contributed by atoms with Crippen molar-refractivity contribution in [3.63, 3.8) is 0 Å². The lowest BCUT2D eigenvalue weighted by Gasteiger charge is -2.24. The van der Waals surface area contributed by atoms with Gasteiger partial charge in [0, 0.05) is 24.7 Å². The predicted octanol–water partition coefficient (Wildman–Crippen LogP) is 5.26. The highest BCUT2D eigenvalue weighted by molar-refractivity contribution is 5.89. The monoisotopic (exact) mass is 444 g/mol. The van der Waals surface area contributed by atoms with Crippen molar-refractivity contribution in [2.45, 2.75) is 64.5 Å². The van der Waals surface area contributed by atoms with Gasteiger partial charge in [-0.25, -0.2) is 0 Å². The van der Waals surface area contributed by atoms with Crippen molar-refractivity contribution in [1.29, 1.82) is 0 Å². The Labute approximate surface area is 185 Å². The van der Waals surface area contributed by atoms with Gasteiger partial charge in [-0.1, -0.05) is 36.4 Å². The number of alkyl halides is 3. The van der Waals surface area contributed by atoms with E-state index in [1.807, 2.05) is 30.3 Å². The van der Waals surface area contributed by atoms with Crippen molar-refractivity contribution in [2.75, 3.05) is 0 Å². The Hall–Kier alpha value is -2.80. The third kappa shape index (κ3) is 4.67. The van der Waals surface area contributed by atoms with Crippen molar-refractivity contribution < 1.29 is 22.7 Å². The summed E-state index contributed by atoms with van der Waals surface area (Å²) < 4.78 is 49.7. The maximum atomic E-state index is 14.2. The van der Waals surface area contributed by atoms with E-state index >= 15 is 0 Å². The molecule has 2 aromatic carbocycles. The minimum absolute atomic E-state index is 0.185. The van der Waals surface area contributed by atoms with E-state index in [0.29, 0.717) is 18.5 Å². The van der Waals surface area contributed by atoms with Gasteiger partial charge in [0.15, 0.2) is 0 Å². The van der Waals surface area contributed by atoms with Gasteiger partial charge in [-0.2, -0.15) is 13.2 Å². The molecule has 1 aliphatic heterocycles. The number of nitrogens with one attached hydrogen (secondary N) is 1. The molecule has 0 fully saturated rings. The SMILES string of the molecule is CC(C)(C)OC(=O)C1Cn2ccc3c(C(F)(F)F)c(CCc4ccccc4)cc(c32)CN1. The van der Waals surface area contributed by atoms with Crippen LogP contribution < -0.4 is 5.32 Å². The molecule has 0 spiro atoms. The number of carbonyl (C=O) groups excluding carboxylic acids is 1. The normalized spacial score (nSPS) is 16.8. The summed E-state index contributed by atoms with van der Waals surface area (Å²) in [5.74, 6) is -0.410. The number of benzene rings is 2. The first-order chi connectivity index (χ1) is 15.0. The van der Waals surface area contributed by atoms with E-state index in [4.69, 9.17) is 4.74 Å². The first kappa shape index (κ1) is 22.4.